The third-order valence-electron chi connectivity index (χ3n) is 1.32. The third kappa shape index (κ3) is 3.05. The van der Waals surface area contributed by atoms with Crippen molar-refractivity contribution < 1.29 is 31.3 Å². The van der Waals surface area contributed by atoms with Gasteiger partial charge in [-0.15, -0.1) is 0 Å². The fourth-order valence-corrected chi connectivity index (χ4v) is 1.43. The molecule has 0 saturated carbocycles. The number of para-hydroxylation sites is 1. The minimum Gasteiger partial charge on any atom is -0.464 e. The van der Waals surface area contributed by atoms with Crippen LogP contribution in [0.15, 0.2) is 18.2 Å². The molecule has 1 aromatic carbocycles. The molecular weight excluding hydrogens is 248 g/mol. The molecule has 0 unspecified atom stereocenters. The lowest BCUT2D eigenvalue weighted by molar-refractivity contribution is 0.200. The van der Waals surface area contributed by atoms with Crippen LogP contribution in [0.4, 0.5) is 13.6 Å². The van der Waals surface area contributed by atoms with Gasteiger partial charge in [-0.2, -0.15) is 13.1 Å². The highest BCUT2D eigenvalue weighted by molar-refractivity contribution is 7.85. The number of rotatable bonds is 3. The molecule has 0 atom stereocenters. The van der Waals surface area contributed by atoms with Gasteiger partial charge in [0.05, 0.1) is 0 Å². The highest BCUT2D eigenvalue weighted by Crippen LogP contribution is 2.21. The Kier molecular flexibility index (Phi) is 3.28. The Morgan fingerprint density at radius 2 is 1.81 bits per heavy atom. The van der Waals surface area contributed by atoms with Crippen LogP contribution < -0.4 is 8.91 Å². The van der Waals surface area contributed by atoms with Crippen molar-refractivity contribution in [1.29, 1.82) is 0 Å². The topological polar surface area (TPSA) is 92.7 Å². The molecule has 0 aliphatic heterocycles. The van der Waals surface area contributed by atoms with Gasteiger partial charge < -0.3 is 9.29 Å². The number of halogens is 2. The summed E-state index contributed by atoms with van der Waals surface area (Å²) in [7, 11) is -4.81. The van der Waals surface area contributed by atoms with Gasteiger partial charge in [-0.1, -0.05) is 6.07 Å². The zero-order chi connectivity index (χ0) is 12.3. The summed E-state index contributed by atoms with van der Waals surface area (Å²) in [5.74, 6) is -3.73. The summed E-state index contributed by atoms with van der Waals surface area (Å²) in [5, 5.41) is 8.11. The number of hydrogen-bond acceptors (Lipinski definition) is 4. The molecule has 1 amide bonds. The molecule has 6 nitrogen and oxygen atoms in total. The Hall–Kier alpha value is -1.90. The number of carboxylic acid groups (broad SMARTS) is 1. The number of hydrogen-bond donors (Lipinski definition) is 2. The predicted molar refractivity (Wildman–Crippen MR) is 47.1 cm³/mol. The van der Waals surface area contributed by atoms with E-state index in [0.29, 0.717) is 0 Å². The van der Waals surface area contributed by atoms with Gasteiger partial charge in [0, 0.05) is 0 Å². The van der Waals surface area contributed by atoms with Crippen molar-refractivity contribution in [3.8, 4) is 5.75 Å². The first-order valence-corrected chi connectivity index (χ1v) is 5.12. The zero-order valence-corrected chi connectivity index (χ0v) is 8.29. The van der Waals surface area contributed by atoms with Crippen molar-refractivity contribution in [2.45, 2.75) is 0 Å². The summed E-state index contributed by atoms with van der Waals surface area (Å²) in [6, 6.07) is 2.51. The fourth-order valence-electron chi connectivity index (χ4n) is 0.800. The Balaban J connectivity index is 3.01. The van der Waals surface area contributed by atoms with E-state index in [1.54, 1.807) is 0 Å². The molecule has 0 radical (unpaired) electrons. The summed E-state index contributed by atoms with van der Waals surface area (Å²) in [4.78, 5) is 10.0. The van der Waals surface area contributed by atoms with Crippen LogP contribution in [-0.4, -0.2) is 19.6 Å². The van der Waals surface area contributed by atoms with E-state index in [1.807, 2.05) is 0 Å². The highest BCUT2D eigenvalue weighted by Gasteiger charge is 2.20. The molecule has 16 heavy (non-hydrogen) atoms. The molecule has 0 aliphatic rings. The summed E-state index contributed by atoms with van der Waals surface area (Å²) >= 11 is 0. The predicted octanol–water partition coefficient (Wildman–Crippen LogP) is 0.856. The first kappa shape index (κ1) is 12.2. The van der Waals surface area contributed by atoms with Gasteiger partial charge in [-0.05, 0) is 12.1 Å². The molecule has 88 valence electrons. The van der Waals surface area contributed by atoms with Gasteiger partial charge in [-0.25, -0.2) is 13.6 Å². The maximum atomic E-state index is 12.9. The maximum absolute atomic E-state index is 12.9. The summed E-state index contributed by atoms with van der Waals surface area (Å²) in [6.45, 7) is 0. The molecule has 0 aromatic heterocycles. The van der Waals surface area contributed by atoms with Gasteiger partial charge >= 0.3 is 16.4 Å². The molecule has 0 bridgehead atoms. The molecule has 0 heterocycles. The van der Waals surface area contributed by atoms with Crippen LogP contribution in [0.3, 0.4) is 0 Å². The number of amides is 1. The van der Waals surface area contributed by atoms with E-state index in [-0.39, 0.29) is 0 Å². The number of carbonyl (C=O) groups is 1. The second-order valence-corrected chi connectivity index (χ2v) is 3.77. The van der Waals surface area contributed by atoms with Gasteiger partial charge in [0.1, 0.15) is 0 Å². The van der Waals surface area contributed by atoms with Crippen LogP contribution in [0.25, 0.3) is 0 Å². The lowest BCUT2D eigenvalue weighted by Gasteiger charge is -2.07. The van der Waals surface area contributed by atoms with Crippen molar-refractivity contribution >= 4 is 16.4 Å². The van der Waals surface area contributed by atoms with E-state index in [4.69, 9.17) is 5.11 Å². The van der Waals surface area contributed by atoms with Crippen molar-refractivity contribution in [2.75, 3.05) is 0 Å². The Morgan fingerprint density at radius 1 is 1.31 bits per heavy atom. The molecule has 2 N–H and O–H groups in total. The van der Waals surface area contributed by atoms with Crippen molar-refractivity contribution in [1.82, 2.24) is 4.72 Å². The SMILES string of the molecule is O=C(O)NS(=O)(=O)Oc1c(F)cccc1F. The standard InChI is InChI=1S/C7H5F2NO5S/c8-4-2-1-3-5(9)6(4)15-16(13,14)10-7(11)12/h1-3,10H,(H,11,12). The van der Waals surface area contributed by atoms with Crippen LogP contribution in [0, 0.1) is 11.6 Å². The Labute approximate surface area is 88.7 Å². The van der Waals surface area contributed by atoms with Gasteiger partial charge in [-0.3, -0.25) is 0 Å². The van der Waals surface area contributed by atoms with Crippen LogP contribution in [0.5, 0.6) is 5.75 Å². The summed E-state index contributed by atoms with van der Waals surface area (Å²) in [5.41, 5.74) is 0. The molecular formula is C7H5F2NO5S. The minimum absolute atomic E-state index is 0.759. The van der Waals surface area contributed by atoms with Gasteiger partial charge in [0.15, 0.2) is 11.6 Å². The molecule has 1 rings (SSSR count). The second-order valence-electron chi connectivity index (χ2n) is 2.50. The van der Waals surface area contributed by atoms with Crippen LogP contribution in [0.2, 0.25) is 0 Å². The Bertz CT molecular complexity index is 495. The van der Waals surface area contributed by atoms with Crippen LogP contribution in [0.1, 0.15) is 0 Å². The minimum atomic E-state index is -4.81. The number of nitrogens with one attached hydrogen (secondary N) is 1. The van der Waals surface area contributed by atoms with Crippen molar-refractivity contribution in [3.05, 3.63) is 29.8 Å². The first-order chi connectivity index (χ1) is 7.32. The van der Waals surface area contributed by atoms with Crippen molar-refractivity contribution in [2.24, 2.45) is 0 Å². The fraction of sp³-hybridized carbons (Fsp3) is 0. The molecule has 0 saturated heterocycles. The van der Waals surface area contributed by atoms with Gasteiger partial charge in [0.25, 0.3) is 0 Å². The maximum Gasteiger partial charge on any atom is 0.421 e. The van der Waals surface area contributed by atoms with E-state index < -0.39 is 33.8 Å². The molecule has 9 heteroatoms. The lowest BCUT2D eigenvalue weighted by atomic mass is 10.3. The molecule has 0 aliphatic carbocycles. The van der Waals surface area contributed by atoms with Crippen LogP contribution >= 0.6 is 0 Å². The quantitative estimate of drug-likeness (QED) is 0.833. The van der Waals surface area contributed by atoms with E-state index >= 15 is 0 Å². The monoisotopic (exact) mass is 253 g/mol. The van der Waals surface area contributed by atoms with E-state index in [1.165, 1.54) is 0 Å². The average Bonchev–Trinajstić information content (AvgIpc) is 2.09. The molecule has 0 spiro atoms. The van der Waals surface area contributed by atoms with Gasteiger partial charge in [0.2, 0.25) is 5.75 Å². The van der Waals surface area contributed by atoms with E-state index in [0.717, 1.165) is 22.9 Å². The molecule has 0 fully saturated rings. The smallest absolute Gasteiger partial charge is 0.421 e. The van der Waals surface area contributed by atoms with E-state index in [9.17, 15) is 22.0 Å². The number of benzene rings is 1. The van der Waals surface area contributed by atoms with E-state index in [2.05, 4.69) is 4.18 Å². The average molecular weight is 253 g/mol. The highest BCUT2D eigenvalue weighted by atomic mass is 32.2. The first-order valence-electron chi connectivity index (χ1n) is 3.71. The molecule has 1 aromatic rings. The zero-order valence-electron chi connectivity index (χ0n) is 7.48. The van der Waals surface area contributed by atoms with Crippen LogP contribution in [-0.2, 0) is 10.3 Å². The lowest BCUT2D eigenvalue weighted by Crippen LogP contribution is -2.33. The normalized spacial score (nSPS) is 10.9. The Morgan fingerprint density at radius 3 is 2.25 bits per heavy atom. The second kappa shape index (κ2) is 4.31. The largest absolute Gasteiger partial charge is 0.464 e. The summed E-state index contributed by atoms with van der Waals surface area (Å²) in [6.07, 6.45) is -1.93. The summed E-state index contributed by atoms with van der Waals surface area (Å²) < 4.78 is 52.4. The third-order valence-corrected chi connectivity index (χ3v) is 2.13. The van der Waals surface area contributed by atoms with Crippen molar-refractivity contribution in [3.63, 3.8) is 0 Å².